The Hall–Kier alpha value is -2.04. The number of carbonyl (C=O) groups is 1. The van der Waals surface area contributed by atoms with E-state index in [-0.39, 0.29) is 6.09 Å². The smallest absolute Gasteiger partial charge is 0.410 e. The molecule has 17 heavy (non-hydrogen) atoms. The molecule has 0 bridgehead atoms. The minimum absolute atomic E-state index is 0.266. The monoisotopic (exact) mass is 231 g/mol. The van der Waals surface area contributed by atoms with Crippen LogP contribution in [-0.2, 0) is 7.05 Å². The van der Waals surface area contributed by atoms with Crippen molar-refractivity contribution in [3.63, 3.8) is 0 Å². The van der Waals surface area contributed by atoms with Crippen LogP contribution in [0.2, 0.25) is 0 Å². The van der Waals surface area contributed by atoms with Gasteiger partial charge in [0.1, 0.15) is 5.75 Å². The van der Waals surface area contributed by atoms with E-state index in [1.807, 2.05) is 19.2 Å². The molecule has 0 atom stereocenters. The second-order valence-electron chi connectivity index (χ2n) is 4.20. The van der Waals surface area contributed by atoms with Crippen molar-refractivity contribution in [3.8, 4) is 5.75 Å². The molecule has 88 valence electrons. The Morgan fingerprint density at radius 1 is 1.41 bits per heavy atom. The Balaban J connectivity index is 1.84. The summed E-state index contributed by atoms with van der Waals surface area (Å²) in [6, 6.07) is 5.53. The molecule has 1 aromatic carbocycles. The van der Waals surface area contributed by atoms with Crippen LogP contribution in [0.25, 0.3) is 10.9 Å². The molecule has 1 aromatic heterocycles. The summed E-state index contributed by atoms with van der Waals surface area (Å²) in [5, 5.41) is 5.18. The molecule has 5 nitrogen and oxygen atoms in total. The van der Waals surface area contributed by atoms with Gasteiger partial charge in [-0.25, -0.2) is 4.79 Å². The van der Waals surface area contributed by atoms with Gasteiger partial charge in [-0.05, 0) is 18.6 Å². The highest BCUT2D eigenvalue weighted by Gasteiger charge is 2.22. The van der Waals surface area contributed by atoms with Crippen molar-refractivity contribution in [2.24, 2.45) is 7.05 Å². The topological polar surface area (TPSA) is 47.4 Å². The Bertz CT molecular complexity index is 572. The molecule has 2 aromatic rings. The summed E-state index contributed by atoms with van der Waals surface area (Å²) in [6.45, 7) is 1.60. The lowest BCUT2D eigenvalue weighted by atomic mass is 10.2. The van der Waals surface area contributed by atoms with E-state index in [1.54, 1.807) is 21.8 Å². The van der Waals surface area contributed by atoms with Crippen LogP contribution in [0.3, 0.4) is 0 Å². The van der Waals surface area contributed by atoms with Crippen LogP contribution in [0, 0.1) is 0 Å². The van der Waals surface area contributed by atoms with Crippen LogP contribution in [0.5, 0.6) is 5.75 Å². The van der Waals surface area contributed by atoms with Crippen LogP contribution < -0.4 is 4.74 Å². The average molecular weight is 231 g/mol. The van der Waals surface area contributed by atoms with Crippen LogP contribution in [-0.4, -0.2) is 33.9 Å². The van der Waals surface area contributed by atoms with Crippen LogP contribution in [0.4, 0.5) is 4.79 Å². The summed E-state index contributed by atoms with van der Waals surface area (Å²) in [4.78, 5) is 13.3. The Kier molecular flexibility index (Phi) is 2.24. The van der Waals surface area contributed by atoms with E-state index < -0.39 is 0 Å². The van der Waals surface area contributed by atoms with Gasteiger partial charge < -0.3 is 9.64 Å². The first-order valence-corrected chi connectivity index (χ1v) is 5.62. The average Bonchev–Trinajstić information content (AvgIpc) is 2.58. The van der Waals surface area contributed by atoms with Gasteiger partial charge >= 0.3 is 6.09 Å². The van der Waals surface area contributed by atoms with Crippen LogP contribution in [0.15, 0.2) is 24.4 Å². The van der Waals surface area contributed by atoms with Crippen LogP contribution in [0.1, 0.15) is 6.42 Å². The van der Waals surface area contributed by atoms with E-state index in [4.69, 9.17) is 4.74 Å². The molecule has 1 aliphatic heterocycles. The zero-order chi connectivity index (χ0) is 11.8. The lowest BCUT2D eigenvalue weighted by Crippen LogP contribution is -2.43. The lowest BCUT2D eigenvalue weighted by molar-refractivity contribution is 0.125. The van der Waals surface area contributed by atoms with Gasteiger partial charge in [-0.3, -0.25) is 4.68 Å². The third kappa shape index (κ3) is 1.73. The van der Waals surface area contributed by atoms with E-state index in [9.17, 15) is 4.79 Å². The van der Waals surface area contributed by atoms with Gasteiger partial charge in [0.05, 0.1) is 11.7 Å². The number of hydrogen-bond acceptors (Lipinski definition) is 3. The fourth-order valence-corrected chi connectivity index (χ4v) is 1.85. The minimum Gasteiger partial charge on any atom is -0.410 e. The third-order valence-electron chi connectivity index (χ3n) is 3.04. The van der Waals surface area contributed by atoms with E-state index in [0.717, 1.165) is 30.4 Å². The van der Waals surface area contributed by atoms with E-state index in [0.29, 0.717) is 5.75 Å². The van der Waals surface area contributed by atoms with Crippen molar-refractivity contribution in [2.45, 2.75) is 6.42 Å². The summed E-state index contributed by atoms with van der Waals surface area (Å²) >= 11 is 0. The molecule has 3 rings (SSSR count). The van der Waals surface area contributed by atoms with Gasteiger partial charge in [0, 0.05) is 31.6 Å². The summed E-state index contributed by atoms with van der Waals surface area (Å²) in [5.41, 5.74) is 0.957. The summed E-state index contributed by atoms with van der Waals surface area (Å²) < 4.78 is 7.06. The molecular formula is C12H13N3O2. The normalized spacial score (nSPS) is 14.8. The third-order valence-corrected chi connectivity index (χ3v) is 3.04. The SMILES string of the molecule is Cn1ncc2ccc(OC(=O)N3CCC3)cc21. The second-order valence-corrected chi connectivity index (χ2v) is 4.20. The molecule has 0 aliphatic carbocycles. The van der Waals surface area contributed by atoms with Gasteiger partial charge in [-0.15, -0.1) is 0 Å². The molecule has 1 aliphatic rings. The fraction of sp³-hybridized carbons (Fsp3) is 0.333. The Labute approximate surface area is 98.6 Å². The molecule has 1 amide bonds. The Morgan fingerprint density at radius 2 is 2.24 bits per heavy atom. The molecule has 0 spiro atoms. The fourth-order valence-electron chi connectivity index (χ4n) is 1.85. The number of rotatable bonds is 1. The minimum atomic E-state index is -0.266. The maximum Gasteiger partial charge on any atom is 0.415 e. The predicted octanol–water partition coefficient (Wildman–Crippen LogP) is 1.78. The Morgan fingerprint density at radius 3 is 2.94 bits per heavy atom. The summed E-state index contributed by atoms with van der Waals surface area (Å²) in [6.07, 6.45) is 2.59. The van der Waals surface area contributed by atoms with Gasteiger partial charge in [0.25, 0.3) is 0 Å². The highest BCUT2D eigenvalue weighted by molar-refractivity contribution is 5.81. The first kappa shape index (κ1) is 10.1. The largest absolute Gasteiger partial charge is 0.415 e. The van der Waals surface area contributed by atoms with Crippen molar-refractivity contribution < 1.29 is 9.53 Å². The van der Waals surface area contributed by atoms with Crippen LogP contribution >= 0.6 is 0 Å². The van der Waals surface area contributed by atoms with Crippen molar-refractivity contribution in [2.75, 3.05) is 13.1 Å². The number of carbonyl (C=O) groups excluding carboxylic acids is 1. The van der Waals surface area contributed by atoms with Gasteiger partial charge in [-0.1, -0.05) is 0 Å². The maximum absolute atomic E-state index is 11.6. The molecule has 0 radical (unpaired) electrons. The molecule has 0 unspecified atom stereocenters. The van der Waals surface area contributed by atoms with Gasteiger partial charge in [0.15, 0.2) is 0 Å². The number of hydrogen-bond donors (Lipinski definition) is 0. The van der Waals surface area contributed by atoms with Crippen molar-refractivity contribution in [1.29, 1.82) is 0 Å². The van der Waals surface area contributed by atoms with E-state index >= 15 is 0 Å². The maximum atomic E-state index is 11.6. The van der Waals surface area contributed by atoms with Crippen molar-refractivity contribution in [3.05, 3.63) is 24.4 Å². The van der Waals surface area contributed by atoms with Gasteiger partial charge in [-0.2, -0.15) is 5.10 Å². The van der Waals surface area contributed by atoms with Gasteiger partial charge in [0.2, 0.25) is 0 Å². The number of ether oxygens (including phenoxy) is 1. The first-order valence-electron chi connectivity index (χ1n) is 5.62. The number of aromatic nitrogens is 2. The number of benzene rings is 1. The number of aryl methyl sites for hydroxylation is 1. The number of fused-ring (bicyclic) bond motifs is 1. The first-order chi connectivity index (χ1) is 8.24. The summed E-state index contributed by atoms with van der Waals surface area (Å²) in [7, 11) is 1.86. The number of likely N-dealkylation sites (tertiary alicyclic amines) is 1. The highest BCUT2D eigenvalue weighted by Crippen LogP contribution is 2.21. The molecule has 1 saturated heterocycles. The molecule has 5 heteroatoms. The van der Waals surface area contributed by atoms with Crippen molar-refractivity contribution >= 4 is 17.0 Å². The molecular weight excluding hydrogens is 218 g/mol. The number of nitrogens with zero attached hydrogens (tertiary/aromatic N) is 3. The summed E-state index contributed by atoms with van der Waals surface area (Å²) in [5.74, 6) is 0.568. The van der Waals surface area contributed by atoms with E-state index in [1.165, 1.54) is 0 Å². The van der Waals surface area contributed by atoms with Crippen molar-refractivity contribution in [1.82, 2.24) is 14.7 Å². The molecule has 0 saturated carbocycles. The number of amides is 1. The zero-order valence-electron chi connectivity index (χ0n) is 9.59. The standard InChI is InChI=1S/C12H13N3O2/c1-14-11-7-10(4-3-9(11)8-13-14)17-12(16)15-5-2-6-15/h3-4,7-8H,2,5-6H2,1H3. The molecule has 2 heterocycles. The second kappa shape index (κ2) is 3.76. The molecule has 1 fully saturated rings. The quantitative estimate of drug-likeness (QED) is 0.751. The zero-order valence-corrected chi connectivity index (χ0v) is 9.59. The predicted molar refractivity (Wildman–Crippen MR) is 62.9 cm³/mol. The molecule has 0 N–H and O–H groups in total. The van der Waals surface area contributed by atoms with E-state index in [2.05, 4.69) is 5.10 Å². The lowest BCUT2D eigenvalue weighted by Gasteiger charge is -2.29. The highest BCUT2D eigenvalue weighted by atomic mass is 16.6.